The molecule has 7 amide bonds. The number of nitrogens with zero attached hydrogens (tertiary/aromatic N) is 5. The maximum Gasteiger partial charge on any atom is 0.471 e. The number of esters is 2. The van der Waals surface area contributed by atoms with E-state index in [1.165, 1.54) is 7.05 Å². The Morgan fingerprint density at radius 1 is 0.828 bits per heavy atom. The highest BCUT2D eigenvalue weighted by molar-refractivity contribution is 8.77. The minimum absolute atomic E-state index is 0.00438. The van der Waals surface area contributed by atoms with Crippen molar-refractivity contribution >= 4 is 103 Å². The number of unbranched alkanes of at least 4 members (excludes halogenated alkanes) is 4. The number of anilines is 2. The highest BCUT2D eigenvalue weighted by Crippen LogP contribution is 2.39. The Morgan fingerprint density at radius 2 is 1.48 bits per heavy atom. The summed E-state index contributed by atoms with van der Waals surface area (Å²) in [5, 5.41) is 13.1. The number of halogens is 3. The molecule has 0 radical (unpaired) electrons. The second-order valence-electron chi connectivity index (χ2n) is 21.9. The minimum Gasteiger partial charge on any atom is -0.467 e. The van der Waals surface area contributed by atoms with Gasteiger partial charge in [-0.15, -0.1) is 0 Å². The summed E-state index contributed by atoms with van der Waals surface area (Å²) in [5.74, 6) is -5.24. The maximum atomic E-state index is 13.9. The van der Waals surface area contributed by atoms with Gasteiger partial charge in [0.05, 0.1) is 38.5 Å². The Hall–Kier alpha value is -7.17. The number of rotatable bonds is 37. The molecule has 0 unspecified atom stereocenters. The molecule has 3 aromatic rings. The van der Waals surface area contributed by atoms with Crippen molar-refractivity contribution in [3.63, 3.8) is 0 Å². The standard InChI is InChI=1S/C58H82F3N11O13S2/c1-8-39-32-42(85-48(78)26-25-44(74)62-6)35-71(39)47(77)18-12-10-14-30-64-46(76)27-28-57(4,5)87-86-31-15-17-41(73)16-11-9-13-29-63-45(75)24-23-43(54(82)84-7)67-52(80)37-19-21-40(22-20-37)72(55(83)58(59,60)61)34-38-33-65-50-49(66-38)53(81)70-56(68-50)69-51(79)36(2)3/h19-22,33,36,39,42-43H,8-18,23-32,34-35H2,1-7H3,(H,62,74)(H,63,75)(H,64,76)(H,67,80)(H2,65,68,69,70,79,81)/t39-,42-,43+/m1/s1. The maximum absolute atomic E-state index is 13.9. The molecule has 3 atom stereocenters. The SMILES string of the molecule is CC[C@@H]1C[C@@H](OC(=O)CCC(=O)NC)CN1C(=O)CCCCCNC(=O)CCC(C)(C)SSCCCC(=O)CCCCCNC(=O)CC[C@H](NC(=O)c1ccc(N(Cc2cnc3nc(NC(=O)C(C)C)[nH]c(=O)c3n2)C(=O)C(F)(F)F)cc1)C(=O)OC. The van der Waals surface area contributed by atoms with Gasteiger partial charge in [-0.25, -0.2) is 14.8 Å². The number of Topliss-reactive ketones (excluding diaryl/α,β-unsaturated/α-hetero) is 1. The Bertz CT molecular complexity index is 2910. The molecule has 24 nitrogen and oxygen atoms in total. The van der Waals surface area contributed by atoms with E-state index in [1.807, 2.05) is 6.92 Å². The van der Waals surface area contributed by atoms with E-state index >= 15 is 0 Å². The molecule has 2 aromatic heterocycles. The summed E-state index contributed by atoms with van der Waals surface area (Å²) in [6.07, 6.45) is 3.50. The van der Waals surface area contributed by atoms with Crippen molar-refractivity contribution < 1.29 is 70.6 Å². The van der Waals surface area contributed by atoms with E-state index < -0.39 is 65.8 Å². The first-order chi connectivity index (χ1) is 41.2. The lowest BCUT2D eigenvalue weighted by Crippen LogP contribution is -2.42. The number of hydrogen-bond donors (Lipinski definition) is 6. The van der Waals surface area contributed by atoms with Gasteiger partial charge in [-0.05, 0) is 89.5 Å². The first kappa shape index (κ1) is 72.3. The number of carbonyl (C=O) groups is 10. The first-order valence-electron chi connectivity index (χ1n) is 29.2. The van der Waals surface area contributed by atoms with Gasteiger partial charge in [0.2, 0.25) is 35.5 Å². The average Bonchev–Trinajstić information content (AvgIpc) is 2.86. The number of nitrogens with one attached hydrogen (secondary N) is 6. The van der Waals surface area contributed by atoms with Crippen LogP contribution in [-0.4, -0.2) is 153 Å². The van der Waals surface area contributed by atoms with Crippen molar-refractivity contribution in [3.8, 4) is 0 Å². The fourth-order valence-corrected chi connectivity index (χ4v) is 11.6. The summed E-state index contributed by atoms with van der Waals surface area (Å²) < 4.78 is 51.8. The Morgan fingerprint density at radius 3 is 2.11 bits per heavy atom. The summed E-state index contributed by atoms with van der Waals surface area (Å²) in [5.41, 5.74) is -2.09. The molecule has 0 bridgehead atoms. The van der Waals surface area contributed by atoms with Gasteiger partial charge in [0.25, 0.3) is 11.5 Å². The number of hydrogen-bond acceptors (Lipinski definition) is 18. The third-order valence-corrected chi connectivity index (χ3v) is 17.4. The lowest BCUT2D eigenvalue weighted by molar-refractivity contribution is -0.170. The molecule has 1 aliphatic heterocycles. The van der Waals surface area contributed by atoms with E-state index in [4.69, 9.17) is 9.47 Å². The van der Waals surface area contributed by atoms with Crippen LogP contribution in [0.25, 0.3) is 11.2 Å². The van der Waals surface area contributed by atoms with Crippen LogP contribution in [0, 0.1) is 5.92 Å². The van der Waals surface area contributed by atoms with Crippen molar-refractivity contribution in [2.75, 3.05) is 49.8 Å². The number of fused-ring (bicyclic) bond motifs is 1. The van der Waals surface area contributed by atoms with Crippen LogP contribution in [0.15, 0.2) is 35.3 Å². The van der Waals surface area contributed by atoms with Gasteiger partial charge in [-0.3, -0.25) is 63.1 Å². The molecule has 3 heterocycles. The third kappa shape index (κ3) is 25.6. The van der Waals surface area contributed by atoms with Crippen LogP contribution in [0.2, 0.25) is 0 Å². The van der Waals surface area contributed by atoms with Crippen LogP contribution in [0.4, 0.5) is 24.8 Å². The van der Waals surface area contributed by atoms with Gasteiger partial charge in [0.1, 0.15) is 17.9 Å². The summed E-state index contributed by atoms with van der Waals surface area (Å²) in [4.78, 5) is 154. The molecule has 0 saturated carbocycles. The summed E-state index contributed by atoms with van der Waals surface area (Å²) >= 11 is 0. The highest BCUT2D eigenvalue weighted by atomic mass is 33.1. The van der Waals surface area contributed by atoms with Crippen molar-refractivity contribution in [2.24, 2.45) is 5.92 Å². The van der Waals surface area contributed by atoms with E-state index in [0.29, 0.717) is 95.2 Å². The number of methoxy groups -OCH3 is 1. The molecule has 1 saturated heterocycles. The van der Waals surface area contributed by atoms with Gasteiger partial charge in [-0.1, -0.05) is 55.2 Å². The Kier molecular flexibility index (Phi) is 30.1. The van der Waals surface area contributed by atoms with Crippen LogP contribution in [0.5, 0.6) is 0 Å². The van der Waals surface area contributed by atoms with E-state index in [-0.39, 0.29) is 100 Å². The lowest BCUT2D eigenvalue weighted by atomic mass is 10.1. The van der Waals surface area contributed by atoms with Gasteiger partial charge in [0, 0.05) is 98.8 Å². The second-order valence-corrected chi connectivity index (χ2v) is 25.0. The van der Waals surface area contributed by atoms with Gasteiger partial charge in [-0.2, -0.15) is 18.2 Å². The van der Waals surface area contributed by atoms with Crippen LogP contribution in [-0.2, 0) is 59.2 Å². The van der Waals surface area contributed by atoms with Crippen LogP contribution < -0.4 is 37.0 Å². The minimum atomic E-state index is -5.35. The molecule has 4 rings (SSSR count). The van der Waals surface area contributed by atoms with Gasteiger partial charge in [0.15, 0.2) is 11.2 Å². The number of aromatic nitrogens is 4. The van der Waals surface area contributed by atoms with E-state index in [1.54, 1.807) is 40.3 Å². The molecule has 480 valence electrons. The van der Waals surface area contributed by atoms with E-state index in [2.05, 4.69) is 60.4 Å². The fourth-order valence-electron chi connectivity index (χ4n) is 8.97. The molecule has 0 aliphatic carbocycles. The molecule has 29 heteroatoms. The van der Waals surface area contributed by atoms with Crippen molar-refractivity contribution in [2.45, 2.75) is 186 Å². The number of alkyl halides is 3. The second kappa shape index (κ2) is 36.2. The third-order valence-electron chi connectivity index (χ3n) is 14.0. The predicted octanol–water partition coefficient (Wildman–Crippen LogP) is 6.55. The zero-order valence-electron chi connectivity index (χ0n) is 50.5. The van der Waals surface area contributed by atoms with Crippen molar-refractivity contribution in [3.05, 3.63) is 52.1 Å². The molecular weight excluding hydrogens is 1180 g/mol. The average molecular weight is 1260 g/mol. The molecule has 87 heavy (non-hydrogen) atoms. The zero-order chi connectivity index (χ0) is 64.3. The Balaban J connectivity index is 1.06. The molecule has 1 fully saturated rings. The lowest BCUT2D eigenvalue weighted by Gasteiger charge is -2.24. The number of H-pyrrole nitrogens is 1. The number of carbonyl (C=O) groups excluding carboxylic acids is 10. The predicted molar refractivity (Wildman–Crippen MR) is 322 cm³/mol. The number of aromatic amines is 1. The largest absolute Gasteiger partial charge is 0.471 e. The normalized spacial score (nSPS) is 14.4. The zero-order valence-corrected chi connectivity index (χ0v) is 52.1. The molecule has 0 spiro atoms. The molecular formula is C58H82F3N11O13S2. The van der Waals surface area contributed by atoms with Crippen LogP contribution >= 0.6 is 21.6 Å². The van der Waals surface area contributed by atoms with Crippen LogP contribution in [0.3, 0.4) is 0 Å². The smallest absolute Gasteiger partial charge is 0.467 e. The molecule has 1 aliphatic rings. The fraction of sp³-hybridized carbons (Fsp3) is 0.621. The number of ether oxygens (including phenoxy) is 2. The number of likely N-dealkylation sites (tertiary alicyclic amines) is 1. The monoisotopic (exact) mass is 1260 g/mol. The molecule has 1 aromatic carbocycles. The number of benzene rings is 1. The molecule has 6 N–H and O–H groups in total. The number of ketones is 1. The van der Waals surface area contributed by atoms with Crippen molar-refractivity contribution in [1.82, 2.24) is 46.1 Å². The topological polar surface area (TPSA) is 327 Å². The van der Waals surface area contributed by atoms with E-state index in [0.717, 1.165) is 62.6 Å². The summed E-state index contributed by atoms with van der Waals surface area (Å²) in [6.45, 7) is 9.78. The summed E-state index contributed by atoms with van der Waals surface area (Å²) in [7, 11) is 5.97. The quantitative estimate of drug-likeness (QED) is 0.0202. The van der Waals surface area contributed by atoms with Gasteiger partial charge < -0.3 is 35.6 Å². The number of amides is 7. The highest BCUT2D eigenvalue weighted by Gasteiger charge is 2.43. The summed E-state index contributed by atoms with van der Waals surface area (Å²) in [6, 6.07) is 3.11. The van der Waals surface area contributed by atoms with Crippen molar-refractivity contribution in [1.29, 1.82) is 0 Å². The van der Waals surface area contributed by atoms with Gasteiger partial charge >= 0.3 is 24.0 Å². The van der Waals surface area contributed by atoms with E-state index in [9.17, 15) is 65.9 Å². The van der Waals surface area contributed by atoms with Crippen LogP contribution in [0.1, 0.15) is 166 Å². The first-order valence-corrected chi connectivity index (χ1v) is 31.5. The Labute approximate surface area is 511 Å².